The van der Waals surface area contributed by atoms with Crippen LogP contribution in [0.15, 0.2) is 23.1 Å². The molecule has 0 N–H and O–H groups in total. The van der Waals surface area contributed by atoms with E-state index < -0.39 is 10.0 Å². The Hall–Kier alpha value is -1.05. The average molecular weight is 423 g/mol. The number of anilines is 1. The first-order chi connectivity index (χ1) is 13.6. The highest BCUT2D eigenvalue weighted by atomic mass is 32.2. The highest BCUT2D eigenvalue weighted by molar-refractivity contribution is 8.00. The number of fused-ring (bicyclic) bond motifs is 1. The van der Waals surface area contributed by atoms with Gasteiger partial charge in [-0.05, 0) is 62.3 Å². The summed E-state index contributed by atoms with van der Waals surface area (Å²) in [5, 5.41) is 0.620. The van der Waals surface area contributed by atoms with E-state index >= 15 is 0 Å². The number of sulfonamides is 1. The van der Waals surface area contributed by atoms with E-state index in [2.05, 4.69) is 0 Å². The molecule has 5 nitrogen and oxygen atoms in total. The Kier molecular flexibility index (Phi) is 6.33. The second-order valence-corrected chi connectivity index (χ2v) is 11.3. The summed E-state index contributed by atoms with van der Waals surface area (Å²) < 4.78 is 27.3. The third-order valence-corrected chi connectivity index (χ3v) is 9.42. The number of hydrogen-bond acceptors (Lipinski definition) is 4. The number of rotatable bonds is 5. The van der Waals surface area contributed by atoms with Crippen molar-refractivity contribution in [3.63, 3.8) is 0 Å². The topological polar surface area (TPSA) is 57.7 Å². The number of aryl methyl sites for hydroxylation is 1. The van der Waals surface area contributed by atoms with Crippen LogP contribution >= 0.6 is 11.8 Å². The van der Waals surface area contributed by atoms with Gasteiger partial charge in [-0.3, -0.25) is 4.79 Å². The third kappa shape index (κ3) is 4.26. The van der Waals surface area contributed by atoms with Crippen LogP contribution in [0.1, 0.15) is 56.9 Å². The number of amides is 1. The summed E-state index contributed by atoms with van der Waals surface area (Å²) in [5.74, 6) is 0.685. The molecule has 3 aliphatic rings. The van der Waals surface area contributed by atoms with Crippen LogP contribution in [0.25, 0.3) is 0 Å². The molecule has 1 aliphatic carbocycles. The van der Waals surface area contributed by atoms with Crippen molar-refractivity contribution in [2.24, 2.45) is 0 Å². The van der Waals surface area contributed by atoms with Crippen LogP contribution in [-0.4, -0.2) is 49.3 Å². The molecular weight excluding hydrogens is 392 g/mol. The Morgan fingerprint density at radius 3 is 2.50 bits per heavy atom. The fourth-order valence-corrected chi connectivity index (χ4v) is 7.34. The molecule has 1 aromatic rings. The lowest BCUT2D eigenvalue weighted by atomic mass is 10.0. The normalized spacial score (nSPS) is 21.6. The Bertz CT molecular complexity index is 813. The van der Waals surface area contributed by atoms with Gasteiger partial charge in [0.2, 0.25) is 15.9 Å². The second-order valence-electron chi connectivity index (χ2n) is 8.12. The van der Waals surface area contributed by atoms with E-state index in [1.165, 1.54) is 32.1 Å². The van der Waals surface area contributed by atoms with Crippen molar-refractivity contribution >= 4 is 33.4 Å². The highest BCUT2D eigenvalue weighted by Gasteiger charge is 2.30. The summed E-state index contributed by atoms with van der Waals surface area (Å²) in [4.78, 5) is 15.1. The Morgan fingerprint density at radius 2 is 1.75 bits per heavy atom. The summed E-state index contributed by atoms with van der Waals surface area (Å²) in [6.45, 7) is 1.96. The second kappa shape index (κ2) is 8.76. The maximum absolute atomic E-state index is 12.9. The van der Waals surface area contributed by atoms with Crippen molar-refractivity contribution in [2.45, 2.75) is 67.9 Å². The van der Waals surface area contributed by atoms with E-state index in [0.717, 1.165) is 43.5 Å². The van der Waals surface area contributed by atoms with Gasteiger partial charge in [-0.2, -0.15) is 4.31 Å². The van der Waals surface area contributed by atoms with E-state index in [1.807, 2.05) is 11.0 Å². The first kappa shape index (κ1) is 20.2. The van der Waals surface area contributed by atoms with E-state index in [4.69, 9.17) is 0 Å². The van der Waals surface area contributed by atoms with E-state index in [1.54, 1.807) is 28.2 Å². The molecule has 0 spiro atoms. The molecule has 0 bridgehead atoms. The van der Waals surface area contributed by atoms with Crippen LogP contribution in [0.3, 0.4) is 0 Å². The number of carbonyl (C=O) groups excluding carboxylic acids is 1. The van der Waals surface area contributed by atoms with Gasteiger partial charge in [-0.15, -0.1) is 11.8 Å². The van der Waals surface area contributed by atoms with Gasteiger partial charge >= 0.3 is 0 Å². The Balaban J connectivity index is 1.47. The standard InChI is InChI=1S/C21H30N2O3S2/c24-21(16-27-18-8-2-1-3-9-18)23-14-6-7-17-15-19(10-11-20(17)23)28(25,26)22-12-4-5-13-22/h10-11,15,18H,1-9,12-14,16H2. The number of hydrogen-bond donors (Lipinski definition) is 0. The third-order valence-electron chi connectivity index (χ3n) is 6.17. The maximum atomic E-state index is 12.9. The van der Waals surface area contributed by atoms with Gasteiger partial charge in [0.1, 0.15) is 0 Å². The smallest absolute Gasteiger partial charge is 0.243 e. The molecule has 154 valence electrons. The SMILES string of the molecule is O=C(CSC1CCCCC1)N1CCCc2cc(S(=O)(=O)N3CCCC3)ccc21. The van der Waals surface area contributed by atoms with Crippen LogP contribution in [0.4, 0.5) is 5.69 Å². The molecule has 1 amide bonds. The lowest BCUT2D eigenvalue weighted by Crippen LogP contribution is -2.37. The van der Waals surface area contributed by atoms with Crippen molar-refractivity contribution in [2.75, 3.05) is 30.3 Å². The van der Waals surface area contributed by atoms with Crippen LogP contribution in [0.2, 0.25) is 0 Å². The molecule has 0 atom stereocenters. The lowest BCUT2D eigenvalue weighted by Gasteiger charge is -2.31. The van der Waals surface area contributed by atoms with Gasteiger partial charge in [-0.1, -0.05) is 19.3 Å². The summed E-state index contributed by atoms with van der Waals surface area (Å²) >= 11 is 1.80. The van der Waals surface area contributed by atoms with Crippen molar-refractivity contribution in [1.29, 1.82) is 0 Å². The van der Waals surface area contributed by atoms with Gasteiger partial charge in [0.05, 0.1) is 10.6 Å². The van der Waals surface area contributed by atoms with Gasteiger partial charge < -0.3 is 4.90 Å². The summed E-state index contributed by atoms with van der Waals surface area (Å²) in [7, 11) is -3.41. The minimum atomic E-state index is -3.41. The minimum absolute atomic E-state index is 0.159. The molecule has 2 heterocycles. The zero-order valence-electron chi connectivity index (χ0n) is 16.4. The summed E-state index contributed by atoms with van der Waals surface area (Å²) in [6, 6.07) is 5.34. The van der Waals surface area contributed by atoms with Gasteiger partial charge in [0.25, 0.3) is 0 Å². The summed E-state index contributed by atoms with van der Waals surface area (Å²) in [5.41, 5.74) is 1.89. The molecule has 0 aromatic heterocycles. The van der Waals surface area contributed by atoms with E-state index in [-0.39, 0.29) is 5.91 Å². The summed E-state index contributed by atoms with van der Waals surface area (Å²) in [6.07, 6.45) is 9.94. The molecule has 28 heavy (non-hydrogen) atoms. The number of thioether (sulfide) groups is 1. The zero-order valence-corrected chi connectivity index (χ0v) is 18.1. The number of benzene rings is 1. The molecule has 1 aromatic carbocycles. The minimum Gasteiger partial charge on any atom is -0.311 e. The fraction of sp³-hybridized carbons (Fsp3) is 0.667. The van der Waals surface area contributed by atoms with Crippen molar-refractivity contribution in [3.05, 3.63) is 23.8 Å². The predicted octanol–water partition coefficient (Wildman–Crippen LogP) is 3.82. The van der Waals surface area contributed by atoms with Gasteiger partial charge in [-0.25, -0.2) is 8.42 Å². The van der Waals surface area contributed by atoms with Crippen molar-refractivity contribution in [3.8, 4) is 0 Å². The largest absolute Gasteiger partial charge is 0.311 e. The molecule has 7 heteroatoms. The molecule has 1 saturated carbocycles. The number of carbonyl (C=O) groups is 1. The Labute approximate surface area is 172 Å². The molecule has 0 unspecified atom stereocenters. The first-order valence-electron chi connectivity index (χ1n) is 10.6. The van der Waals surface area contributed by atoms with E-state index in [9.17, 15) is 13.2 Å². The van der Waals surface area contributed by atoms with Crippen LogP contribution in [-0.2, 0) is 21.2 Å². The zero-order chi connectivity index (χ0) is 19.6. The average Bonchev–Trinajstić information content (AvgIpc) is 3.28. The van der Waals surface area contributed by atoms with Crippen molar-refractivity contribution < 1.29 is 13.2 Å². The van der Waals surface area contributed by atoms with E-state index in [0.29, 0.717) is 29.0 Å². The number of nitrogens with zero attached hydrogens (tertiary/aromatic N) is 2. The molecular formula is C21H30N2O3S2. The lowest BCUT2D eigenvalue weighted by molar-refractivity contribution is -0.116. The molecule has 4 rings (SSSR count). The van der Waals surface area contributed by atoms with Crippen molar-refractivity contribution in [1.82, 2.24) is 4.31 Å². The maximum Gasteiger partial charge on any atom is 0.243 e. The van der Waals surface area contributed by atoms with Gasteiger partial charge in [0, 0.05) is 30.6 Å². The quantitative estimate of drug-likeness (QED) is 0.724. The highest BCUT2D eigenvalue weighted by Crippen LogP contribution is 2.33. The van der Waals surface area contributed by atoms with Gasteiger partial charge in [0.15, 0.2) is 0 Å². The van der Waals surface area contributed by atoms with Crippen LogP contribution in [0, 0.1) is 0 Å². The predicted molar refractivity (Wildman–Crippen MR) is 114 cm³/mol. The van der Waals surface area contributed by atoms with Crippen LogP contribution < -0.4 is 4.90 Å². The van der Waals surface area contributed by atoms with Crippen LogP contribution in [0.5, 0.6) is 0 Å². The fourth-order valence-electron chi connectivity index (χ4n) is 4.57. The Morgan fingerprint density at radius 1 is 1.00 bits per heavy atom. The molecule has 2 fully saturated rings. The first-order valence-corrected chi connectivity index (χ1v) is 13.1. The molecule has 0 radical (unpaired) electrons. The molecule has 2 aliphatic heterocycles. The molecule has 1 saturated heterocycles. The monoisotopic (exact) mass is 422 g/mol.